The fraction of sp³-hybridized carbons (Fsp3) is 0.895. The van der Waals surface area contributed by atoms with E-state index in [0.717, 1.165) is 19.4 Å². The van der Waals surface area contributed by atoms with Crippen molar-refractivity contribution < 1.29 is 14.7 Å². The van der Waals surface area contributed by atoms with E-state index in [1.165, 1.54) is 38.5 Å². The summed E-state index contributed by atoms with van der Waals surface area (Å²) in [5, 5.41) is 15.0. The van der Waals surface area contributed by atoms with Crippen molar-refractivity contribution >= 4 is 24.5 Å². The molecular weight excluding hydrogens is 336 g/mol. The standard InChI is InChI=1S/C19H38N2O3S/c1-4-5-6-7-8-9-10-11-12-20-17(14-25)18(22)21-16(19(23)24)13-15(2)3/h15-17,20,25H,4-14H2,1-3H3,(H,21,22)(H,23,24)/t16-,17+/m0/s1. The molecule has 5 nitrogen and oxygen atoms in total. The van der Waals surface area contributed by atoms with Crippen molar-refractivity contribution in [2.24, 2.45) is 5.92 Å². The second-order valence-electron chi connectivity index (χ2n) is 7.19. The van der Waals surface area contributed by atoms with Gasteiger partial charge in [-0.15, -0.1) is 0 Å². The molecule has 0 rings (SSSR count). The number of carbonyl (C=O) groups is 2. The maximum absolute atomic E-state index is 12.3. The molecule has 0 aliphatic carbocycles. The summed E-state index contributed by atoms with van der Waals surface area (Å²) in [5.41, 5.74) is 0. The van der Waals surface area contributed by atoms with Crippen molar-refractivity contribution in [3.05, 3.63) is 0 Å². The largest absolute Gasteiger partial charge is 0.480 e. The minimum absolute atomic E-state index is 0.209. The van der Waals surface area contributed by atoms with Crippen LogP contribution in [0, 0.1) is 5.92 Å². The number of unbranched alkanes of at least 4 members (excludes halogenated alkanes) is 7. The minimum Gasteiger partial charge on any atom is -0.480 e. The predicted molar refractivity (Wildman–Crippen MR) is 107 cm³/mol. The van der Waals surface area contributed by atoms with Gasteiger partial charge in [0.15, 0.2) is 0 Å². The second-order valence-corrected chi connectivity index (χ2v) is 7.56. The van der Waals surface area contributed by atoms with Crippen LogP contribution in [0.5, 0.6) is 0 Å². The van der Waals surface area contributed by atoms with Crippen LogP contribution in [0.1, 0.15) is 78.6 Å². The Bertz CT molecular complexity index is 365. The molecule has 148 valence electrons. The maximum Gasteiger partial charge on any atom is 0.326 e. The Hall–Kier alpha value is -0.750. The summed E-state index contributed by atoms with van der Waals surface area (Å²) >= 11 is 4.22. The fourth-order valence-electron chi connectivity index (χ4n) is 2.74. The molecule has 0 spiro atoms. The lowest BCUT2D eigenvalue weighted by Crippen LogP contribution is -2.51. The zero-order valence-electron chi connectivity index (χ0n) is 16.2. The number of hydrogen-bond acceptors (Lipinski definition) is 4. The first-order valence-corrected chi connectivity index (χ1v) is 10.4. The summed E-state index contributed by atoms with van der Waals surface area (Å²) in [5.74, 6) is -0.691. The Kier molecular flexibility index (Phi) is 15.0. The first-order valence-electron chi connectivity index (χ1n) is 9.79. The lowest BCUT2D eigenvalue weighted by atomic mass is 10.0. The van der Waals surface area contributed by atoms with E-state index >= 15 is 0 Å². The molecule has 0 unspecified atom stereocenters. The molecule has 1 amide bonds. The van der Waals surface area contributed by atoms with Gasteiger partial charge in [0.1, 0.15) is 6.04 Å². The van der Waals surface area contributed by atoms with Crippen LogP contribution in [0.2, 0.25) is 0 Å². The Morgan fingerprint density at radius 2 is 1.52 bits per heavy atom. The van der Waals surface area contributed by atoms with Crippen LogP contribution in [-0.4, -0.2) is 41.4 Å². The van der Waals surface area contributed by atoms with Gasteiger partial charge in [-0.3, -0.25) is 4.79 Å². The number of nitrogens with one attached hydrogen (secondary N) is 2. The number of aliphatic carboxylic acids is 1. The molecule has 0 aliphatic heterocycles. The molecule has 6 heteroatoms. The van der Waals surface area contributed by atoms with E-state index in [-0.39, 0.29) is 11.8 Å². The van der Waals surface area contributed by atoms with Gasteiger partial charge in [0, 0.05) is 5.75 Å². The van der Waals surface area contributed by atoms with Gasteiger partial charge < -0.3 is 15.7 Å². The highest BCUT2D eigenvalue weighted by Gasteiger charge is 2.24. The van der Waals surface area contributed by atoms with Crippen LogP contribution < -0.4 is 10.6 Å². The lowest BCUT2D eigenvalue weighted by molar-refractivity contribution is -0.142. The van der Waals surface area contributed by atoms with Gasteiger partial charge in [0.2, 0.25) is 5.91 Å². The van der Waals surface area contributed by atoms with Crippen LogP contribution in [0.4, 0.5) is 0 Å². The monoisotopic (exact) mass is 374 g/mol. The van der Waals surface area contributed by atoms with Crippen LogP contribution in [0.3, 0.4) is 0 Å². The zero-order chi connectivity index (χ0) is 19.1. The molecule has 0 saturated carbocycles. The van der Waals surface area contributed by atoms with Crippen molar-refractivity contribution in [1.82, 2.24) is 10.6 Å². The smallest absolute Gasteiger partial charge is 0.326 e. The quantitative estimate of drug-likeness (QED) is 0.246. The molecule has 0 saturated heterocycles. The van der Waals surface area contributed by atoms with E-state index in [1.54, 1.807) is 0 Å². The van der Waals surface area contributed by atoms with E-state index in [4.69, 9.17) is 0 Å². The highest BCUT2D eigenvalue weighted by Crippen LogP contribution is 2.08. The minimum atomic E-state index is -0.983. The summed E-state index contributed by atoms with van der Waals surface area (Å²) in [6.45, 7) is 6.87. The summed E-state index contributed by atoms with van der Waals surface area (Å²) in [7, 11) is 0. The van der Waals surface area contributed by atoms with Crippen molar-refractivity contribution in [3.8, 4) is 0 Å². The number of thiol groups is 1. The molecule has 2 atom stereocenters. The van der Waals surface area contributed by atoms with E-state index in [0.29, 0.717) is 12.2 Å². The maximum atomic E-state index is 12.3. The van der Waals surface area contributed by atoms with Gasteiger partial charge in [0.25, 0.3) is 0 Å². The van der Waals surface area contributed by atoms with Gasteiger partial charge in [-0.05, 0) is 25.3 Å². The first-order chi connectivity index (χ1) is 11.9. The number of carbonyl (C=O) groups excluding carboxylic acids is 1. The molecule has 0 aliphatic rings. The molecule has 3 N–H and O–H groups in total. The van der Waals surface area contributed by atoms with Gasteiger partial charge in [-0.2, -0.15) is 12.6 Å². The lowest BCUT2D eigenvalue weighted by Gasteiger charge is -2.21. The second kappa shape index (κ2) is 15.5. The van der Waals surface area contributed by atoms with Crippen molar-refractivity contribution in [1.29, 1.82) is 0 Å². The molecule has 0 bridgehead atoms. The zero-order valence-corrected chi connectivity index (χ0v) is 17.1. The molecule has 0 aromatic carbocycles. The van der Waals surface area contributed by atoms with Gasteiger partial charge >= 0.3 is 5.97 Å². The molecule has 0 heterocycles. The van der Waals surface area contributed by atoms with Crippen molar-refractivity contribution in [2.45, 2.75) is 90.6 Å². The SMILES string of the molecule is CCCCCCCCCCN[C@H](CS)C(=O)N[C@@H](CC(C)C)C(=O)O. The van der Waals surface area contributed by atoms with Crippen LogP contribution in [-0.2, 0) is 9.59 Å². The Morgan fingerprint density at radius 1 is 0.960 bits per heavy atom. The summed E-state index contributed by atoms with van der Waals surface area (Å²) < 4.78 is 0. The Balaban J connectivity index is 3.98. The normalized spacial score (nSPS) is 13.6. The molecule has 0 fully saturated rings. The predicted octanol–water partition coefficient (Wildman–Crippen LogP) is 3.63. The van der Waals surface area contributed by atoms with E-state index < -0.39 is 18.1 Å². The van der Waals surface area contributed by atoms with E-state index in [1.807, 2.05) is 13.8 Å². The summed E-state index contributed by atoms with van der Waals surface area (Å²) in [4.78, 5) is 23.5. The Labute approximate surface area is 159 Å². The van der Waals surface area contributed by atoms with Crippen molar-refractivity contribution in [3.63, 3.8) is 0 Å². The third-order valence-electron chi connectivity index (χ3n) is 4.24. The van der Waals surface area contributed by atoms with Gasteiger partial charge in [-0.1, -0.05) is 65.7 Å². The van der Waals surface area contributed by atoms with E-state index in [9.17, 15) is 14.7 Å². The van der Waals surface area contributed by atoms with Crippen LogP contribution >= 0.6 is 12.6 Å². The highest BCUT2D eigenvalue weighted by molar-refractivity contribution is 7.80. The van der Waals surface area contributed by atoms with Crippen molar-refractivity contribution in [2.75, 3.05) is 12.3 Å². The molecule has 0 radical (unpaired) electrons. The number of hydrogen-bond donors (Lipinski definition) is 4. The number of carboxylic acid groups (broad SMARTS) is 1. The van der Waals surface area contributed by atoms with Crippen LogP contribution in [0.15, 0.2) is 0 Å². The molecule has 0 aromatic heterocycles. The Morgan fingerprint density at radius 3 is 2.00 bits per heavy atom. The number of amides is 1. The van der Waals surface area contributed by atoms with E-state index in [2.05, 4.69) is 30.2 Å². The average Bonchev–Trinajstić information content (AvgIpc) is 2.55. The topological polar surface area (TPSA) is 78.4 Å². The summed E-state index contributed by atoms with van der Waals surface area (Å²) in [6, 6.07) is -1.28. The third kappa shape index (κ3) is 13.2. The number of carboxylic acids is 1. The number of rotatable bonds is 16. The first kappa shape index (κ1) is 24.2. The fourth-order valence-corrected chi connectivity index (χ4v) is 3.04. The average molecular weight is 375 g/mol. The third-order valence-corrected chi connectivity index (χ3v) is 4.61. The molecular formula is C19H38N2O3S. The highest BCUT2D eigenvalue weighted by atomic mass is 32.1. The van der Waals surface area contributed by atoms with Gasteiger partial charge in [-0.25, -0.2) is 4.79 Å². The molecule has 25 heavy (non-hydrogen) atoms. The van der Waals surface area contributed by atoms with Crippen LogP contribution in [0.25, 0.3) is 0 Å². The van der Waals surface area contributed by atoms with Gasteiger partial charge in [0.05, 0.1) is 6.04 Å². The molecule has 0 aromatic rings. The summed E-state index contributed by atoms with van der Waals surface area (Å²) in [6.07, 6.45) is 10.4.